The highest BCUT2D eigenvalue weighted by Crippen LogP contribution is 2.26. The normalized spacial score (nSPS) is 10.7. The van der Waals surface area contributed by atoms with E-state index in [-0.39, 0.29) is 12.3 Å². The predicted octanol–water partition coefficient (Wildman–Crippen LogP) is 2.44. The second-order valence-electron chi connectivity index (χ2n) is 3.10. The Kier molecular flexibility index (Phi) is 2.91. The van der Waals surface area contributed by atoms with E-state index >= 15 is 0 Å². The van der Waals surface area contributed by atoms with Gasteiger partial charge < -0.3 is 9.15 Å². The average molecular weight is 288 g/mol. The highest BCUT2D eigenvalue weighted by atomic mass is 79.9. The van der Waals surface area contributed by atoms with Gasteiger partial charge in [0.15, 0.2) is 5.58 Å². The van der Waals surface area contributed by atoms with Crippen LogP contribution in [0.3, 0.4) is 0 Å². The van der Waals surface area contributed by atoms with Crippen LogP contribution in [0.25, 0.3) is 11.1 Å². The van der Waals surface area contributed by atoms with Crippen molar-refractivity contribution in [2.24, 2.45) is 0 Å². The predicted molar refractivity (Wildman–Crippen MR) is 57.4 cm³/mol. The zero-order valence-electron chi connectivity index (χ0n) is 8.29. The molecule has 0 bridgehead atoms. The number of rotatable bonds is 2. The average Bonchev–Trinajstić information content (AvgIpc) is 2.60. The van der Waals surface area contributed by atoms with E-state index < -0.39 is 11.8 Å². The summed E-state index contributed by atoms with van der Waals surface area (Å²) in [4.78, 5) is 15.0. The van der Waals surface area contributed by atoms with Gasteiger partial charge in [-0.1, -0.05) is 0 Å². The van der Waals surface area contributed by atoms with Crippen LogP contribution in [0.2, 0.25) is 0 Å². The zero-order valence-corrected chi connectivity index (χ0v) is 9.88. The van der Waals surface area contributed by atoms with Gasteiger partial charge in [0.1, 0.15) is 17.8 Å². The Labute approximate surface area is 98.5 Å². The number of carbonyl (C=O) groups excluding carboxylic acids is 1. The molecule has 0 aliphatic carbocycles. The molecule has 0 aliphatic rings. The van der Waals surface area contributed by atoms with Crippen LogP contribution >= 0.6 is 15.9 Å². The minimum atomic E-state index is -0.455. The Morgan fingerprint density at radius 3 is 3.06 bits per heavy atom. The first kappa shape index (κ1) is 11.1. The monoisotopic (exact) mass is 287 g/mol. The molecular weight excluding hydrogens is 281 g/mol. The van der Waals surface area contributed by atoms with Gasteiger partial charge in [0.05, 0.1) is 11.6 Å². The van der Waals surface area contributed by atoms with Crippen molar-refractivity contribution in [2.45, 2.75) is 6.42 Å². The Bertz CT molecular complexity index is 552. The highest BCUT2D eigenvalue weighted by Gasteiger charge is 2.13. The van der Waals surface area contributed by atoms with Crippen molar-refractivity contribution in [3.05, 3.63) is 28.3 Å². The van der Waals surface area contributed by atoms with Gasteiger partial charge >= 0.3 is 5.97 Å². The van der Waals surface area contributed by atoms with Gasteiger partial charge in [-0.05, 0) is 22.0 Å². The van der Waals surface area contributed by atoms with Crippen molar-refractivity contribution in [1.29, 1.82) is 0 Å². The van der Waals surface area contributed by atoms with Crippen LogP contribution in [0.1, 0.15) is 5.89 Å². The SMILES string of the molecule is COC(=O)Cc1nc2cc(F)cc(Br)c2o1. The van der Waals surface area contributed by atoms with Crippen molar-refractivity contribution in [1.82, 2.24) is 4.98 Å². The van der Waals surface area contributed by atoms with Crippen molar-refractivity contribution in [3.8, 4) is 0 Å². The number of aromatic nitrogens is 1. The Hall–Kier alpha value is -1.43. The number of esters is 1. The fraction of sp³-hybridized carbons (Fsp3) is 0.200. The van der Waals surface area contributed by atoms with E-state index in [0.29, 0.717) is 15.6 Å². The molecule has 0 aliphatic heterocycles. The molecule has 0 atom stereocenters. The highest BCUT2D eigenvalue weighted by molar-refractivity contribution is 9.10. The lowest BCUT2D eigenvalue weighted by Crippen LogP contribution is -2.04. The third-order valence-corrected chi connectivity index (χ3v) is 2.57. The van der Waals surface area contributed by atoms with Crippen LogP contribution in [-0.2, 0) is 16.0 Å². The number of hydrogen-bond acceptors (Lipinski definition) is 4. The second kappa shape index (κ2) is 4.21. The van der Waals surface area contributed by atoms with E-state index in [0.717, 1.165) is 0 Å². The molecule has 2 rings (SSSR count). The van der Waals surface area contributed by atoms with E-state index in [4.69, 9.17) is 4.42 Å². The zero-order chi connectivity index (χ0) is 11.7. The third kappa shape index (κ3) is 2.06. The first-order valence-corrected chi connectivity index (χ1v) is 5.20. The first-order chi connectivity index (χ1) is 7.60. The number of carbonyl (C=O) groups is 1. The second-order valence-corrected chi connectivity index (χ2v) is 3.95. The lowest BCUT2D eigenvalue weighted by atomic mass is 10.3. The molecule has 0 saturated carbocycles. The van der Waals surface area contributed by atoms with E-state index in [1.54, 1.807) is 0 Å². The fourth-order valence-electron chi connectivity index (χ4n) is 1.28. The Balaban J connectivity index is 2.44. The molecule has 0 saturated heterocycles. The molecule has 2 aromatic rings. The van der Waals surface area contributed by atoms with Crippen LogP contribution in [0.5, 0.6) is 0 Å². The molecule has 84 valence electrons. The van der Waals surface area contributed by atoms with E-state index in [2.05, 4.69) is 25.7 Å². The maximum absolute atomic E-state index is 13.0. The first-order valence-electron chi connectivity index (χ1n) is 4.41. The lowest BCUT2D eigenvalue weighted by Gasteiger charge is -1.93. The van der Waals surface area contributed by atoms with Crippen LogP contribution in [0.15, 0.2) is 21.0 Å². The van der Waals surface area contributed by atoms with Crippen LogP contribution in [0.4, 0.5) is 4.39 Å². The van der Waals surface area contributed by atoms with Crippen molar-refractivity contribution in [3.63, 3.8) is 0 Å². The minimum absolute atomic E-state index is 0.0702. The van der Waals surface area contributed by atoms with E-state index in [1.807, 2.05) is 0 Å². The van der Waals surface area contributed by atoms with Crippen LogP contribution in [-0.4, -0.2) is 18.1 Å². The summed E-state index contributed by atoms with van der Waals surface area (Å²) >= 11 is 3.15. The van der Waals surface area contributed by atoms with Gasteiger partial charge in [-0.15, -0.1) is 0 Å². The minimum Gasteiger partial charge on any atom is -0.469 e. The maximum atomic E-state index is 13.0. The molecule has 0 radical (unpaired) electrons. The third-order valence-electron chi connectivity index (χ3n) is 1.98. The molecule has 0 spiro atoms. The number of methoxy groups -OCH3 is 1. The number of ether oxygens (including phenoxy) is 1. The molecule has 0 unspecified atom stereocenters. The Morgan fingerprint density at radius 2 is 2.38 bits per heavy atom. The van der Waals surface area contributed by atoms with E-state index in [9.17, 15) is 9.18 Å². The summed E-state index contributed by atoms with van der Waals surface area (Å²) in [5.74, 6) is -0.673. The van der Waals surface area contributed by atoms with E-state index in [1.165, 1.54) is 19.2 Å². The summed E-state index contributed by atoms with van der Waals surface area (Å²) in [7, 11) is 1.28. The van der Waals surface area contributed by atoms with Gasteiger partial charge in [-0.25, -0.2) is 9.37 Å². The molecule has 0 amide bonds. The molecule has 6 heteroatoms. The lowest BCUT2D eigenvalue weighted by molar-refractivity contribution is -0.140. The van der Waals surface area contributed by atoms with Crippen LogP contribution in [0, 0.1) is 5.82 Å². The van der Waals surface area contributed by atoms with Gasteiger partial charge in [-0.2, -0.15) is 0 Å². The molecule has 1 heterocycles. The quantitative estimate of drug-likeness (QED) is 0.796. The smallest absolute Gasteiger partial charge is 0.314 e. The van der Waals surface area contributed by atoms with Gasteiger partial charge in [0.25, 0.3) is 0 Å². The van der Waals surface area contributed by atoms with Crippen molar-refractivity contribution < 1.29 is 18.3 Å². The molecule has 0 N–H and O–H groups in total. The largest absolute Gasteiger partial charge is 0.469 e. The number of benzene rings is 1. The summed E-state index contributed by atoms with van der Waals surface area (Å²) in [6.07, 6.45) is -0.0702. The number of hydrogen-bond donors (Lipinski definition) is 0. The number of fused-ring (bicyclic) bond motifs is 1. The van der Waals surface area contributed by atoms with Crippen LogP contribution < -0.4 is 0 Å². The number of nitrogens with zero attached hydrogens (tertiary/aromatic N) is 1. The Morgan fingerprint density at radius 1 is 1.62 bits per heavy atom. The molecule has 1 aromatic carbocycles. The summed E-state index contributed by atoms with van der Waals surface area (Å²) in [5.41, 5.74) is 0.783. The molecule has 0 fully saturated rings. The summed E-state index contributed by atoms with van der Waals surface area (Å²) in [6, 6.07) is 2.51. The maximum Gasteiger partial charge on any atom is 0.314 e. The molecule has 1 aromatic heterocycles. The van der Waals surface area contributed by atoms with Crippen molar-refractivity contribution >= 4 is 33.0 Å². The summed E-state index contributed by atoms with van der Waals surface area (Å²) in [5, 5.41) is 0. The fourth-order valence-corrected chi connectivity index (χ4v) is 1.78. The number of oxazole rings is 1. The van der Waals surface area contributed by atoms with Crippen molar-refractivity contribution in [2.75, 3.05) is 7.11 Å². The van der Waals surface area contributed by atoms with Gasteiger partial charge in [-0.3, -0.25) is 4.79 Å². The summed E-state index contributed by atoms with van der Waals surface area (Å²) < 4.78 is 23.3. The standard InChI is InChI=1S/C10H7BrFNO3/c1-15-9(14)4-8-13-7-3-5(12)2-6(11)10(7)16-8/h2-3H,4H2,1H3. The summed E-state index contributed by atoms with van der Waals surface area (Å²) in [6.45, 7) is 0. The topological polar surface area (TPSA) is 52.3 Å². The molecule has 4 nitrogen and oxygen atoms in total. The van der Waals surface area contributed by atoms with Gasteiger partial charge in [0.2, 0.25) is 5.89 Å². The van der Waals surface area contributed by atoms with Gasteiger partial charge in [0, 0.05) is 6.07 Å². The molecular formula is C10H7BrFNO3. The number of halogens is 2. The molecule has 16 heavy (non-hydrogen) atoms.